The molecule has 0 aliphatic heterocycles. The van der Waals surface area contributed by atoms with E-state index < -0.39 is 0 Å². The molecule has 31 heteroatoms. The van der Waals surface area contributed by atoms with Crippen molar-refractivity contribution in [1.29, 1.82) is 0 Å². The summed E-state index contributed by atoms with van der Waals surface area (Å²) in [5.41, 5.74) is 1.37. The van der Waals surface area contributed by atoms with Gasteiger partial charge in [-0.05, 0) is 30.5 Å². The number of hydrogen-bond donors (Lipinski definition) is 1. The van der Waals surface area contributed by atoms with Crippen LogP contribution in [0.2, 0.25) is 0 Å². The van der Waals surface area contributed by atoms with Gasteiger partial charge in [0.15, 0.2) is 0 Å². The Hall–Kier alpha value is -2.18. The number of aliphatic hydroxyl groups excluding tert-OH is 1. The zero-order valence-electron chi connectivity index (χ0n) is 64.4. The monoisotopic (exact) mass is 1530 g/mol. The maximum absolute atomic E-state index is 8.62. The predicted octanol–water partition coefficient (Wildman–Crippen LogP) is 4.44. The van der Waals surface area contributed by atoms with Crippen molar-refractivity contribution in [1.82, 2.24) is 0 Å². The van der Waals surface area contributed by atoms with Crippen LogP contribution in [-0.4, -0.2) is 402 Å². The molecule has 1 aromatic carbocycles. The highest BCUT2D eigenvalue weighted by Gasteiger charge is 2.04. The van der Waals surface area contributed by atoms with Gasteiger partial charge < -0.3 is 147 Å². The van der Waals surface area contributed by atoms with Crippen LogP contribution in [0.15, 0.2) is 24.3 Å². The molecule has 0 aliphatic carbocycles. The second-order valence-corrected chi connectivity index (χ2v) is 22.5. The highest BCUT2D eigenvalue weighted by Crippen LogP contribution is 2.15. The molecular formula is C74H142O31. The maximum atomic E-state index is 8.62. The molecule has 0 aliphatic rings. The fourth-order valence-electron chi connectivity index (χ4n) is 8.40. The largest absolute Gasteiger partial charge is 0.491 e. The first-order valence-corrected chi connectivity index (χ1v) is 38.4. The maximum Gasteiger partial charge on any atom is 0.119 e. The summed E-state index contributed by atoms with van der Waals surface area (Å²) in [5.74, 6) is 0.878. The van der Waals surface area contributed by atoms with Gasteiger partial charge in [0, 0.05) is 0 Å². The molecule has 0 aromatic heterocycles. The lowest BCUT2D eigenvalue weighted by Gasteiger charge is -2.09. The predicted molar refractivity (Wildman–Crippen MR) is 390 cm³/mol. The fourth-order valence-corrected chi connectivity index (χ4v) is 8.40. The molecule has 0 atom stereocenters. The summed E-state index contributed by atoms with van der Waals surface area (Å²) in [6, 6.07) is 8.43. The SMILES string of the molecule is CCCCCCCCc1ccc(OCCOCCOCCOCCOCCOCCOCCOCCOCCOCCOCCOCCOCCOCCOCCOCCOCCOCCOCCOCCOCCOCCOCCOCCOCCOCCOCCOCCOCCOCCO)cc1. The van der Waals surface area contributed by atoms with Gasteiger partial charge in [0.25, 0.3) is 0 Å². The number of ether oxygens (including phenoxy) is 30. The van der Waals surface area contributed by atoms with Crippen LogP contribution < -0.4 is 4.74 Å². The third-order valence-electron chi connectivity index (χ3n) is 13.9. The van der Waals surface area contributed by atoms with Crippen LogP contribution in [0.4, 0.5) is 0 Å². The van der Waals surface area contributed by atoms with Crippen LogP contribution in [-0.2, 0) is 144 Å². The number of aryl methyl sites for hydroxylation is 1. The Kier molecular flexibility index (Phi) is 90.5. The van der Waals surface area contributed by atoms with Gasteiger partial charge in [-0.3, -0.25) is 0 Å². The van der Waals surface area contributed by atoms with Crippen molar-refractivity contribution in [3.05, 3.63) is 29.8 Å². The van der Waals surface area contributed by atoms with Crippen molar-refractivity contribution in [2.24, 2.45) is 0 Å². The minimum atomic E-state index is 0.0164. The fraction of sp³-hybridized carbons (Fsp3) is 0.919. The number of aliphatic hydroxyl groups is 1. The van der Waals surface area contributed by atoms with Crippen molar-refractivity contribution in [2.75, 3.05) is 396 Å². The molecule has 0 saturated heterocycles. The third kappa shape index (κ3) is 88.9. The minimum Gasteiger partial charge on any atom is -0.491 e. The average Bonchev–Trinajstić information content (AvgIpc) is 1.04. The van der Waals surface area contributed by atoms with E-state index in [0.29, 0.717) is 390 Å². The summed E-state index contributed by atoms with van der Waals surface area (Å²) < 4.78 is 166. The molecular weight excluding hydrogens is 1380 g/mol. The first kappa shape index (κ1) is 101. The number of hydrogen-bond acceptors (Lipinski definition) is 31. The van der Waals surface area contributed by atoms with Gasteiger partial charge in [-0.2, -0.15) is 0 Å². The van der Waals surface area contributed by atoms with Gasteiger partial charge in [0.1, 0.15) is 12.4 Å². The number of unbranched alkanes of at least 4 members (excludes halogenated alkanes) is 5. The van der Waals surface area contributed by atoms with Gasteiger partial charge in [-0.1, -0.05) is 51.2 Å². The lowest BCUT2D eigenvalue weighted by Crippen LogP contribution is -2.16. The summed E-state index contributed by atoms with van der Waals surface area (Å²) in [7, 11) is 0. The smallest absolute Gasteiger partial charge is 0.119 e. The van der Waals surface area contributed by atoms with E-state index in [4.69, 9.17) is 147 Å². The molecule has 1 aromatic rings. The van der Waals surface area contributed by atoms with E-state index in [1.165, 1.54) is 44.1 Å². The zero-order valence-corrected chi connectivity index (χ0v) is 64.4. The van der Waals surface area contributed by atoms with E-state index in [1.54, 1.807) is 0 Å². The lowest BCUT2D eigenvalue weighted by atomic mass is 10.0. The molecule has 0 bridgehead atoms. The number of rotatable bonds is 97. The molecule has 0 saturated carbocycles. The van der Waals surface area contributed by atoms with Gasteiger partial charge >= 0.3 is 0 Å². The van der Waals surface area contributed by atoms with Crippen molar-refractivity contribution >= 4 is 0 Å². The summed E-state index contributed by atoms with van der Waals surface area (Å²) in [6.45, 7) is 30.9. The molecule has 624 valence electrons. The first-order valence-electron chi connectivity index (χ1n) is 38.4. The Labute approximate surface area is 628 Å². The first-order chi connectivity index (χ1) is 52.4. The van der Waals surface area contributed by atoms with Crippen molar-refractivity contribution < 1.29 is 147 Å². The Balaban J connectivity index is 1.59. The quantitative estimate of drug-likeness (QED) is 0.0882. The molecule has 1 N–H and O–H groups in total. The van der Waals surface area contributed by atoms with E-state index in [0.717, 1.165) is 12.2 Å². The molecule has 0 fully saturated rings. The van der Waals surface area contributed by atoms with Gasteiger partial charge in [0.05, 0.1) is 390 Å². The summed E-state index contributed by atoms with van der Waals surface area (Å²) >= 11 is 0. The van der Waals surface area contributed by atoms with E-state index in [-0.39, 0.29) is 6.61 Å². The third-order valence-corrected chi connectivity index (χ3v) is 13.9. The molecule has 105 heavy (non-hydrogen) atoms. The van der Waals surface area contributed by atoms with E-state index in [2.05, 4.69) is 19.1 Å². The van der Waals surface area contributed by atoms with Crippen LogP contribution in [0.3, 0.4) is 0 Å². The average molecular weight is 1530 g/mol. The van der Waals surface area contributed by atoms with Gasteiger partial charge in [-0.25, -0.2) is 0 Å². The van der Waals surface area contributed by atoms with Gasteiger partial charge in [-0.15, -0.1) is 0 Å². The Morgan fingerprint density at radius 1 is 0.171 bits per heavy atom. The van der Waals surface area contributed by atoms with Crippen LogP contribution in [0, 0.1) is 0 Å². The van der Waals surface area contributed by atoms with Crippen molar-refractivity contribution in [3.63, 3.8) is 0 Å². The Morgan fingerprint density at radius 3 is 0.476 bits per heavy atom. The summed E-state index contributed by atoms with van der Waals surface area (Å²) in [6.07, 6.45) is 9.03. The van der Waals surface area contributed by atoms with Crippen molar-refractivity contribution in [3.8, 4) is 5.75 Å². The molecule has 31 nitrogen and oxygen atoms in total. The van der Waals surface area contributed by atoms with Crippen LogP contribution in [0.25, 0.3) is 0 Å². The summed E-state index contributed by atoms with van der Waals surface area (Å²) in [4.78, 5) is 0. The normalized spacial score (nSPS) is 11.8. The van der Waals surface area contributed by atoms with Crippen LogP contribution in [0.1, 0.15) is 51.0 Å². The molecule has 0 spiro atoms. The molecule has 0 amide bonds. The Morgan fingerprint density at radius 2 is 0.314 bits per heavy atom. The summed E-state index contributed by atoms with van der Waals surface area (Å²) in [5, 5.41) is 8.62. The van der Waals surface area contributed by atoms with E-state index >= 15 is 0 Å². The second-order valence-electron chi connectivity index (χ2n) is 22.5. The molecule has 0 unspecified atom stereocenters. The zero-order chi connectivity index (χ0) is 74.6. The Bertz CT molecular complexity index is 1700. The second kappa shape index (κ2) is 94.2. The molecule has 1 rings (SSSR count). The highest BCUT2D eigenvalue weighted by molar-refractivity contribution is 5.27. The van der Waals surface area contributed by atoms with Gasteiger partial charge in [0.2, 0.25) is 0 Å². The van der Waals surface area contributed by atoms with E-state index in [9.17, 15) is 0 Å². The molecule has 0 heterocycles. The number of benzene rings is 1. The minimum absolute atomic E-state index is 0.0164. The van der Waals surface area contributed by atoms with Crippen molar-refractivity contribution in [2.45, 2.75) is 51.9 Å². The van der Waals surface area contributed by atoms with Crippen LogP contribution in [0.5, 0.6) is 5.75 Å². The lowest BCUT2D eigenvalue weighted by molar-refractivity contribution is -0.0324. The molecule has 0 radical (unpaired) electrons. The van der Waals surface area contributed by atoms with E-state index in [1.807, 2.05) is 12.1 Å². The highest BCUT2D eigenvalue weighted by atomic mass is 16.6. The standard InChI is InChI=1S/C74H142O31/c1-2-3-4-5-6-7-8-73-9-11-74(12-10-73)105-72-71-104-70-69-103-68-67-102-66-65-101-64-63-100-62-61-99-60-59-98-58-57-97-56-55-96-54-53-95-52-51-94-50-49-93-48-47-92-46-45-91-44-43-90-42-41-89-40-39-88-38-37-87-36-35-86-34-33-85-32-31-84-30-29-83-28-27-82-26-25-81-24-23-80-22-21-79-20-19-78-18-17-77-16-15-76-14-13-75/h9-12,75H,2-8,13-72H2,1H3. The topological polar surface area (TPSA) is 297 Å². The van der Waals surface area contributed by atoms with Crippen LogP contribution >= 0.6 is 0 Å².